The molecule has 0 spiro atoms. The Morgan fingerprint density at radius 3 is 2.21 bits per heavy atom. The molecule has 0 heterocycles. The highest BCUT2D eigenvalue weighted by Crippen LogP contribution is 2.17. The smallest absolute Gasteiger partial charge is 0.410 e. The summed E-state index contributed by atoms with van der Waals surface area (Å²) < 4.78 is 17.9. The van der Waals surface area contributed by atoms with E-state index in [9.17, 15) is 9.18 Å². The van der Waals surface area contributed by atoms with Crippen LogP contribution in [0.1, 0.15) is 5.56 Å². The number of anilines is 1. The molecule has 1 amide bonds. The first-order valence-electron chi connectivity index (χ1n) is 5.84. The summed E-state index contributed by atoms with van der Waals surface area (Å²) in [6, 6.07) is 12.8. The van der Waals surface area contributed by atoms with Crippen LogP contribution in [0.3, 0.4) is 0 Å². The van der Waals surface area contributed by atoms with Crippen LogP contribution in [-0.4, -0.2) is 13.1 Å². The zero-order valence-electron chi connectivity index (χ0n) is 10.8. The fraction of sp³-hybridized carbons (Fsp3) is 0.133. The van der Waals surface area contributed by atoms with Gasteiger partial charge in [-0.1, -0.05) is 17.7 Å². The van der Waals surface area contributed by atoms with E-state index < -0.39 is 6.09 Å². The summed E-state index contributed by atoms with van der Waals surface area (Å²) >= 11 is 0. The van der Waals surface area contributed by atoms with E-state index >= 15 is 0 Å². The third kappa shape index (κ3) is 3.31. The quantitative estimate of drug-likeness (QED) is 0.821. The molecule has 2 aromatic carbocycles. The zero-order chi connectivity index (χ0) is 13.8. The van der Waals surface area contributed by atoms with Crippen molar-refractivity contribution in [3.63, 3.8) is 0 Å². The number of halogens is 1. The summed E-state index contributed by atoms with van der Waals surface area (Å²) in [6.07, 6.45) is -0.518. The van der Waals surface area contributed by atoms with Crippen LogP contribution in [0.2, 0.25) is 0 Å². The van der Waals surface area contributed by atoms with Crippen molar-refractivity contribution < 1.29 is 13.9 Å². The van der Waals surface area contributed by atoms with Crippen LogP contribution in [0, 0.1) is 12.7 Å². The molecule has 98 valence electrons. The van der Waals surface area contributed by atoms with Crippen LogP contribution >= 0.6 is 0 Å². The second kappa shape index (κ2) is 5.52. The first kappa shape index (κ1) is 13.1. The lowest BCUT2D eigenvalue weighted by molar-refractivity contribution is 0.209. The van der Waals surface area contributed by atoms with E-state index in [0.717, 1.165) is 11.3 Å². The van der Waals surface area contributed by atoms with Gasteiger partial charge in [-0.15, -0.1) is 0 Å². The van der Waals surface area contributed by atoms with Crippen molar-refractivity contribution in [2.24, 2.45) is 0 Å². The molecular weight excluding hydrogens is 245 g/mol. The average Bonchev–Trinajstić information content (AvgIpc) is 2.41. The fourth-order valence-electron chi connectivity index (χ4n) is 1.55. The Morgan fingerprint density at radius 2 is 1.63 bits per heavy atom. The molecule has 0 aliphatic carbocycles. The zero-order valence-corrected chi connectivity index (χ0v) is 10.8. The normalized spacial score (nSPS) is 10.1. The molecule has 19 heavy (non-hydrogen) atoms. The summed E-state index contributed by atoms with van der Waals surface area (Å²) in [6.45, 7) is 1.97. The van der Waals surface area contributed by atoms with Gasteiger partial charge in [0.25, 0.3) is 0 Å². The number of aryl methyl sites for hydroxylation is 1. The van der Waals surface area contributed by atoms with Gasteiger partial charge in [-0.3, -0.25) is 4.90 Å². The molecule has 0 aliphatic rings. The Hall–Kier alpha value is -2.36. The molecule has 2 rings (SSSR count). The molecule has 2 aromatic rings. The Bertz CT molecular complexity index is 564. The molecular formula is C15H14FNO2. The van der Waals surface area contributed by atoms with Crippen LogP contribution < -0.4 is 9.64 Å². The van der Waals surface area contributed by atoms with Crippen LogP contribution in [-0.2, 0) is 0 Å². The standard InChI is InChI=1S/C15H14FNO2/c1-11-3-7-13(8-4-11)17(2)15(18)19-14-9-5-12(16)6-10-14/h3-10H,1-2H3. The molecule has 0 aliphatic heterocycles. The molecule has 0 radical (unpaired) electrons. The van der Waals surface area contributed by atoms with Crippen LogP contribution in [0.15, 0.2) is 48.5 Å². The van der Waals surface area contributed by atoms with Crippen molar-refractivity contribution >= 4 is 11.8 Å². The van der Waals surface area contributed by atoms with Crippen molar-refractivity contribution in [1.29, 1.82) is 0 Å². The van der Waals surface area contributed by atoms with E-state index in [-0.39, 0.29) is 5.82 Å². The van der Waals surface area contributed by atoms with Crippen LogP contribution in [0.25, 0.3) is 0 Å². The van der Waals surface area contributed by atoms with Crippen molar-refractivity contribution in [2.75, 3.05) is 11.9 Å². The maximum Gasteiger partial charge on any atom is 0.419 e. The van der Waals surface area contributed by atoms with Gasteiger partial charge >= 0.3 is 6.09 Å². The van der Waals surface area contributed by atoms with Crippen molar-refractivity contribution in [1.82, 2.24) is 0 Å². The molecule has 0 unspecified atom stereocenters. The Kier molecular flexibility index (Phi) is 3.80. The largest absolute Gasteiger partial charge is 0.419 e. The number of nitrogens with zero attached hydrogens (tertiary/aromatic N) is 1. The molecule has 3 nitrogen and oxygen atoms in total. The second-order valence-corrected chi connectivity index (χ2v) is 4.22. The van der Waals surface area contributed by atoms with Gasteiger partial charge in [-0.05, 0) is 43.3 Å². The predicted molar refractivity (Wildman–Crippen MR) is 72.0 cm³/mol. The number of hydrogen-bond donors (Lipinski definition) is 0. The Labute approximate surface area is 111 Å². The lowest BCUT2D eigenvalue weighted by atomic mass is 10.2. The van der Waals surface area contributed by atoms with Gasteiger partial charge in [0.15, 0.2) is 0 Å². The molecule has 0 atom stereocenters. The summed E-state index contributed by atoms with van der Waals surface area (Å²) in [5.74, 6) is -0.0583. The lowest BCUT2D eigenvalue weighted by Gasteiger charge is -2.17. The third-order valence-corrected chi connectivity index (χ3v) is 2.71. The minimum absolute atomic E-state index is 0.311. The topological polar surface area (TPSA) is 29.5 Å². The average molecular weight is 259 g/mol. The minimum atomic E-state index is -0.518. The van der Waals surface area contributed by atoms with Gasteiger partial charge in [0, 0.05) is 12.7 Å². The van der Waals surface area contributed by atoms with E-state index in [1.807, 2.05) is 31.2 Å². The number of carbonyl (C=O) groups excluding carboxylic acids is 1. The van der Waals surface area contributed by atoms with E-state index in [4.69, 9.17) is 4.74 Å². The minimum Gasteiger partial charge on any atom is -0.410 e. The highest BCUT2D eigenvalue weighted by molar-refractivity contribution is 5.88. The third-order valence-electron chi connectivity index (χ3n) is 2.71. The SMILES string of the molecule is Cc1ccc(N(C)C(=O)Oc2ccc(F)cc2)cc1. The summed E-state index contributed by atoms with van der Waals surface area (Å²) in [4.78, 5) is 13.3. The maximum absolute atomic E-state index is 12.7. The van der Waals surface area contributed by atoms with E-state index in [1.54, 1.807) is 7.05 Å². The Balaban J connectivity index is 2.07. The number of benzene rings is 2. The molecule has 4 heteroatoms. The van der Waals surface area contributed by atoms with Gasteiger partial charge < -0.3 is 4.74 Å². The van der Waals surface area contributed by atoms with Crippen LogP contribution in [0.5, 0.6) is 5.75 Å². The highest BCUT2D eigenvalue weighted by Gasteiger charge is 2.13. The van der Waals surface area contributed by atoms with Crippen LogP contribution in [0.4, 0.5) is 14.9 Å². The van der Waals surface area contributed by atoms with Gasteiger partial charge in [-0.2, -0.15) is 0 Å². The van der Waals surface area contributed by atoms with E-state index in [1.165, 1.54) is 29.2 Å². The van der Waals surface area contributed by atoms with Gasteiger partial charge in [0.05, 0.1) is 0 Å². The number of ether oxygens (including phenoxy) is 1. The summed E-state index contributed by atoms with van der Waals surface area (Å²) in [5, 5.41) is 0. The maximum atomic E-state index is 12.7. The summed E-state index contributed by atoms with van der Waals surface area (Å²) in [7, 11) is 1.62. The van der Waals surface area contributed by atoms with Crippen molar-refractivity contribution in [3.8, 4) is 5.75 Å². The molecule has 0 bridgehead atoms. The monoisotopic (exact) mass is 259 g/mol. The molecule has 0 fully saturated rings. The lowest BCUT2D eigenvalue weighted by Crippen LogP contribution is -2.29. The van der Waals surface area contributed by atoms with Gasteiger partial charge in [0.2, 0.25) is 0 Å². The number of amides is 1. The first-order valence-corrected chi connectivity index (χ1v) is 5.84. The molecule has 0 N–H and O–H groups in total. The van der Waals surface area contributed by atoms with E-state index in [0.29, 0.717) is 5.75 Å². The van der Waals surface area contributed by atoms with Crippen molar-refractivity contribution in [2.45, 2.75) is 6.92 Å². The summed E-state index contributed by atoms with van der Waals surface area (Å²) in [5.41, 5.74) is 1.85. The van der Waals surface area contributed by atoms with E-state index in [2.05, 4.69) is 0 Å². The molecule has 0 aromatic heterocycles. The number of rotatable bonds is 2. The molecule has 0 saturated heterocycles. The van der Waals surface area contributed by atoms with Gasteiger partial charge in [0.1, 0.15) is 11.6 Å². The van der Waals surface area contributed by atoms with Crippen molar-refractivity contribution in [3.05, 3.63) is 59.9 Å². The highest BCUT2D eigenvalue weighted by atomic mass is 19.1. The number of carbonyl (C=O) groups is 1. The fourth-order valence-corrected chi connectivity index (χ4v) is 1.55. The predicted octanol–water partition coefficient (Wildman–Crippen LogP) is 3.77. The Morgan fingerprint density at radius 1 is 1.05 bits per heavy atom. The first-order chi connectivity index (χ1) is 9.06. The van der Waals surface area contributed by atoms with Gasteiger partial charge in [-0.25, -0.2) is 9.18 Å². The molecule has 0 saturated carbocycles. The number of hydrogen-bond acceptors (Lipinski definition) is 2. The second-order valence-electron chi connectivity index (χ2n) is 4.22.